The predicted molar refractivity (Wildman–Crippen MR) is 35.9 cm³/mol. The number of benzene rings is 1. The van der Waals surface area contributed by atoms with Crippen LogP contribution in [0.1, 0.15) is 11.7 Å². The van der Waals surface area contributed by atoms with Crippen LogP contribution in [-0.4, -0.2) is 11.1 Å². The van der Waals surface area contributed by atoms with Crippen LogP contribution < -0.4 is 4.74 Å². The largest absolute Gasteiger partial charge is 0.424 e. The summed E-state index contributed by atoms with van der Waals surface area (Å²) in [6, 6.07) is 7.69. The summed E-state index contributed by atoms with van der Waals surface area (Å²) in [6.45, 7) is 0. The van der Waals surface area contributed by atoms with Gasteiger partial charge in [-0.1, -0.05) is 12.1 Å². The summed E-state index contributed by atoms with van der Waals surface area (Å²) < 4.78 is 4.70. The molecule has 11 heavy (non-hydrogen) atoms. The lowest BCUT2D eigenvalue weighted by molar-refractivity contribution is -0.140. The fraction of sp³-hybridized carbons (Fsp3) is 0.125. The number of aliphatic hydroxyl groups is 1. The normalized spacial score (nSPS) is 21.2. The molecule has 55 valence electrons. The van der Waals surface area contributed by atoms with Gasteiger partial charge < -0.3 is 9.84 Å². The molecule has 1 aliphatic heterocycles. The molecule has 1 unspecified atom stereocenters. The summed E-state index contributed by atoms with van der Waals surface area (Å²) in [5.41, 5.74) is 0.428. The molecule has 1 aromatic carbocycles. The standard InChI is InChI=1S/C8H5O3/c9-7-5-3-1-2-4-6(5)11-8(7)10/h1-2,4,7,9H. The summed E-state index contributed by atoms with van der Waals surface area (Å²) in [5, 5.41) is 9.14. The number of fused-ring (bicyclic) bond motifs is 1. The number of hydrogen-bond donors (Lipinski definition) is 1. The third-order valence-corrected chi connectivity index (χ3v) is 1.56. The SMILES string of the molecule is O=C1Oc2ccc[c]c2C1O. The van der Waals surface area contributed by atoms with E-state index < -0.39 is 12.1 Å². The van der Waals surface area contributed by atoms with Gasteiger partial charge in [-0.05, 0) is 12.1 Å². The molecular formula is C8H5O3. The first-order valence-electron chi connectivity index (χ1n) is 3.19. The summed E-state index contributed by atoms with van der Waals surface area (Å²) in [4.78, 5) is 10.7. The van der Waals surface area contributed by atoms with E-state index in [9.17, 15) is 4.79 Å². The van der Waals surface area contributed by atoms with Gasteiger partial charge in [0, 0.05) is 5.56 Å². The third kappa shape index (κ3) is 0.816. The van der Waals surface area contributed by atoms with Gasteiger partial charge in [-0.3, -0.25) is 0 Å². The zero-order valence-corrected chi connectivity index (χ0v) is 5.57. The molecule has 0 fully saturated rings. The molecule has 0 aromatic heterocycles. The van der Waals surface area contributed by atoms with Crippen LogP contribution in [0.15, 0.2) is 18.2 Å². The molecule has 0 saturated carbocycles. The second-order valence-corrected chi connectivity index (χ2v) is 2.27. The van der Waals surface area contributed by atoms with Crippen LogP contribution in [0, 0.1) is 6.07 Å². The molecule has 1 aliphatic rings. The predicted octanol–water partition coefficient (Wildman–Crippen LogP) is 0.439. The van der Waals surface area contributed by atoms with Crippen molar-refractivity contribution < 1.29 is 14.6 Å². The highest BCUT2D eigenvalue weighted by molar-refractivity contribution is 5.84. The Labute approximate surface area is 63.2 Å². The fourth-order valence-corrected chi connectivity index (χ4v) is 1.02. The van der Waals surface area contributed by atoms with Crippen LogP contribution in [0.3, 0.4) is 0 Å². The van der Waals surface area contributed by atoms with Gasteiger partial charge in [0.2, 0.25) is 0 Å². The van der Waals surface area contributed by atoms with Crippen molar-refractivity contribution in [3.8, 4) is 5.75 Å². The minimum absolute atomic E-state index is 0.407. The van der Waals surface area contributed by atoms with Gasteiger partial charge in [-0.15, -0.1) is 0 Å². The van der Waals surface area contributed by atoms with Crippen molar-refractivity contribution in [1.82, 2.24) is 0 Å². The highest BCUT2D eigenvalue weighted by Crippen LogP contribution is 2.31. The number of carbonyl (C=O) groups is 1. The quantitative estimate of drug-likeness (QED) is 0.430. The van der Waals surface area contributed by atoms with Crippen LogP contribution in [0.2, 0.25) is 0 Å². The molecule has 1 atom stereocenters. The Morgan fingerprint density at radius 2 is 2.45 bits per heavy atom. The van der Waals surface area contributed by atoms with Crippen molar-refractivity contribution in [2.24, 2.45) is 0 Å². The molecule has 0 spiro atoms. The van der Waals surface area contributed by atoms with Crippen molar-refractivity contribution in [1.29, 1.82) is 0 Å². The van der Waals surface area contributed by atoms with E-state index >= 15 is 0 Å². The van der Waals surface area contributed by atoms with E-state index in [1.54, 1.807) is 18.2 Å². The van der Waals surface area contributed by atoms with Gasteiger partial charge in [-0.25, -0.2) is 4.79 Å². The molecule has 0 bridgehead atoms. The number of esters is 1. The summed E-state index contributed by atoms with van der Waals surface area (Å²) in [5.74, 6) is -0.215. The molecule has 0 saturated heterocycles. The highest BCUT2D eigenvalue weighted by Gasteiger charge is 2.30. The summed E-state index contributed by atoms with van der Waals surface area (Å²) in [7, 11) is 0. The van der Waals surface area contributed by atoms with Gasteiger partial charge in [-0.2, -0.15) is 0 Å². The number of ether oxygens (including phenoxy) is 1. The van der Waals surface area contributed by atoms with E-state index in [-0.39, 0.29) is 0 Å². The van der Waals surface area contributed by atoms with Gasteiger partial charge in [0.25, 0.3) is 0 Å². The second-order valence-electron chi connectivity index (χ2n) is 2.27. The van der Waals surface area contributed by atoms with Gasteiger partial charge >= 0.3 is 5.97 Å². The van der Waals surface area contributed by atoms with Crippen LogP contribution in [0.5, 0.6) is 5.75 Å². The zero-order chi connectivity index (χ0) is 7.84. The van der Waals surface area contributed by atoms with Crippen LogP contribution in [0.4, 0.5) is 0 Å². The summed E-state index contributed by atoms with van der Waals surface area (Å²) in [6.07, 6.45) is -1.15. The molecule has 1 radical (unpaired) electrons. The Morgan fingerprint density at radius 3 is 3.18 bits per heavy atom. The first-order valence-corrected chi connectivity index (χ1v) is 3.19. The highest BCUT2D eigenvalue weighted by atomic mass is 16.6. The fourth-order valence-electron chi connectivity index (χ4n) is 1.02. The monoisotopic (exact) mass is 149 g/mol. The van der Waals surface area contributed by atoms with Gasteiger partial charge in [0.15, 0.2) is 6.10 Å². The first kappa shape index (κ1) is 6.37. The number of aliphatic hydroxyl groups excluding tert-OH is 1. The molecular weight excluding hydrogens is 144 g/mol. The Morgan fingerprint density at radius 1 is 1.64 bits per heavy atom. The Balaban J connectivity index is 2.55. The van der Waals surface area contributed by atoms with Crippen LogP contribution in [-0.2, 0) is 4.79 Å². The topological polar surface area (TPSA) is 46.5 Å². The minimum atomic E-state index is -1.15. The second kappa shape index (κ2) is 2.07. The van der Waals surface area contributed by atoms with Gasteiger partial charge in [0.05, 0.1) is 0 Å². The van der Waals surface area contributed by atoms with Crippen molar-refractivity contribution in [2.75, 3.05) is 0 Å². The average Bonchev–Trinajstić information content (AvgIpc) is 2.30. The average molecular weight is 149 g/mol. The van der Waals surface area contributed by atoms with E-state index in [4.69, 9.17) is 9.84 Å². The Hall–Kier alpha value is -1.35. The van der Waals surface area contributed by atoms with Crippen molar-refractivity contribution in [3.05, 3.63) is 29.8 Å². The molecule has 0 amide bonds. The maximum absolute atomic E-state index is 10.7. The minimum Gasteiger partial charge on any atom is -0.424 e. The molecule has 2 rings (SSSR count). The lowest BCUT2D eigenvalue weighted by Crippen LogP contribution is -2.08. The number of carbonyl (C=O) groups excluding carboxylic acids is 1. The number of rotatable bonds is 0. The molecule has 3 heteroatoms. The molecule has 3 nitrogen and oxygen atoms in total. The lowest BCUT2D eigenvalue weighted by Gasteiger charge is -1.93. The molecule has 1 heterocycles. The van der Waals surface area contributed by atoms with E-state index in [0.717, 1.165) is 0 Å². The van der Waals surface area contributed by atoms with E-state index in [1.807, 2.05) is 0 Å². The molecule has 0 aliphatic carbocycles. The third-order valence-electron chi connectivity index (χ3n) is 1.56. The Bertz CT molecular complexity index is 306. The maximum atomic E-state index is 10.7. The maximum Gasteiger partial charge on any atom is 0.345 e. The van der Waals surface area contributed by atoms with Crippen molar-refractivity contribution in [3.63, 3.8) is 0 Å². The number of hydrogen-bond acceptors (Lipinski definition) is 3. The van der Waals surface area contributed by atoms with Crippen molar-refractivity contribution in [2.45, 2.75) is 6.10 Å². The lowest BCUT2D eigenvalue weighted by atomic mass is 10.1. The Kier molecular flexibility index (Phi) is 1.20. The first-order chi connectivity index (χ1) is 5.29. The van der Waals surface area contributed by atoms with Gasteiger partial charge in [0.1, 0.15) is 5.75 Å². The molecule has 1 aromatic rings. The van der Waals surface area contributed by atoms with E-state index in [0.29, 0.717) is 11.3 Å². The van der Waals surface area contributed by atoms with Crippen LogP contribution >= 0.6 is 0 Å². The van der Waals surface area contributed by atoms with Crippen molar-refractivity contribution >= 4 is 5.97 Å². The summed E-state index contributed by atoms with van der Waals surface area (Å²) >= 11 is 0. The zero-order valence-electron chi connectivity index (χ0n) is 5.57. The molecule has 1 N–H and O–H groups in total. The van der Waals surface area contributed by atoms with E-state index in [1.165, 1.54) is 0 Å². The van der Waals surface area contributed by atoms with E-state index in [2.05, 4.69) is 6.07 Å². The smallest absolute Gasteiger partial charge is 0.345 e. The van der Waals surface area contributed by atoms with Crippen LogP contribution in [0.25, 0.3) is 0 Å².